The molecular formula is C16H14ClNO2. The molecule has 3 nitrogen and oxygen atoms in total. The summed E-state index contributed by atoms with van der Waals surface area (Å²) < 4.78 is 1.74. The molecule has 0 aliphatic carbocycles. The van der Waals surface area contributed by atoms with Gasteiger partial charge in [-0.05, 0) is 36.8 Å². The van der Waals surface area contributed by atoms with Gasteiger partial charge in [-0.15, -0.1) is 0 Å². The first-order valence-electron chi connectivity index (χ1n) is 6.12. The first kappa shape index (κ1) is 14.3. The van der Waals surface area contributed by atoms with Crippen molar-refractivity contribution in [2.24, 2.45) is 0 Å². The summed E-state index contributed by atoms with van der Waals surface area (Å²) in [5.41, 5.74) is 1.77. The van der Waals surface area contributed by atoms with Crippen molar-refractivity contribution in [2.45, 2.75) is 13.0 Å². The molecule has 2 aromatic rings. The van der Waals surface area contributed by atoms with E-state index < -0.39 is 6.04 Å². The number of carbonyl (C=O) groups excluding carboxylic acids is 2. The number of rotatable bonds is 5. The average Bonchev–Trinajstić information content (AvgIpc) is 2.89. The van der Waals surface area contributed by atoms with Gasteiger partial charge in [0.15, 0.2) is 12.1 Å². The molecule has 0 saturated heterocycles. The lowest BCUT2D eigenvalue weighted by molar-refractivity contribution is -0.113. The summed E-state index contributed by atoms with van der Waals surface area (Å²) in [6.45, 7) is 5.33. The smallest absolute Gasteiger partial charge is 0.166 e. The topological polar surface area (TPSA) is 39.1 Å². The van der Waals surface area contributed by atoms with Crippen LogP contribution in [0.15, 0.2) is 54.7 Å². The van der Waals surface area contributed by atoms with E-state index in [9.17, 15) is 9.59 Å². The Morgan fingerprint density at radius 1 is 1.30 bits per heavy atom. The standard InChI is InChI=1S/C16H14ClNO2/c1-11(12(2)20)16(13-5-7-14(17)8-6-13)18-9-3-4-15(18)10-19/h3-10,16H,1H2,2H3. The lowest BCUT2D eigenvalue weighted by atomic mass is 9.97. The third-order valence-corrected chi connectivity index (χ3v) is 3.43. The Morgan fingerprint density at radius 3 is 2.50 bits per heavy atom. The second-order valence-corrected chi connectivity index (χ2v) is 4.93. The van der Waals surface area contributed by atoms with Gasteiger partial charge < -0.3 is 4.57 Å². The van der Waals surface area contributed by atoms with E-state index in [1.165, 1.54) is 6.92 Å². The molecular weight excluding hydrogens is 274 g/mol. The lowest BCUT2D eigenvalue weighted by Crippen LogP contribution is -2.18. The average molecular weight is 288 g/mol. The first-order chi connectivity index (χ1) is 9.54. The van der Waals surface area contributed by atoms with Crippen LogP contribution in [-0.4, -0.2) is 16.6 Å². The second kappa shape index (κ2) is 5.88. The van der Waals surface area contributed by atoms with Gasteiger partial charge in [-0.1, -0.05) is 30.3 Å². The van der Waals surface area contributed by atoms with Gasteiger partial charge in [0.25, 0.3) is 0 Å². The Bertz CT molecular complexity index is 655. The van der Waals surface area contributed by atoms with Gasteiger partial charge in [-0.3, -0.25) is 9.59 Å². The number of halogens is 1. The van der Waals surface area contributed by atoms with Crippen molar-refractivity contribution in [3.05, 3.63) is 71.0 Å². The largest absolute Gasteiger partial charge is 0.334 e. The van der Waals surface area contributed by atoms with Crippen molar-refractivity contribution in [2.75, 3.05) is 0 Å². The molecule has 1 heterocycles. The number of aldehydes is 1. The van der Waals surface area contributed by atoms with Crippen LogP contribution in [0.3, 0.4) is 0 Å². The molecule has 1 atom stereocenters. The highest BCUT2D eigenvalue weighted by atomic mass is 35.5. The lowest BCUT2D eigenvalue weighted by Gasteiger charge is -2.22. The van der Waals surface area contributed by atoms with Gasteiger partial charge in [-0.2, -0.15) is 0 Å². The molecule has 0 fully saturated rings. The molecule has 0 N–H and O–H groups in total. The Hall–Kier alpha value is -2.13. The number of hydrogen-bond acceptors (Lipinski definition) is 2. The van der Waals surface area contributed by atoms with E-state index in [2.05, 4.69) is 6.58 Å². The van der Waals surface area contributed by atoms with Gasteiger partial charge in [0.1, 0.15) is 0 Å². The van der Waals surface area contributed by atoms with E-state index in [4.69, 9.17) is 11.6 Å². The van der Waals surface area contributed by atoms with Crippen molar-refractivity contribution in [3.63, 3.8) is 0 Å². The minimum atomic E-state index is -0.403. The molecule has 1 aromatic carbocycles. The number of hydrogen-bond donors (Lipinski definition) is 0. The third kappa shape index (κ3) is 2.73. The summed E-state index contributed by atoms with van der Waals surface area (Å²) in [6.07, 6.45) is 2.52. The van der Waals surface area contributed by atoms with Crippen LogP contribution in [-0.2, 0) is 4.79 Å². The molecule has 2 rings (SSSR count). The van der Waals surface area contributed by atoms with Crippen LogP contribution in [0.25, 0.3) is 0 Å². The zero-order valence-corrected chi connectivity index (χ0v) is 11.8. The van der Waals surface area contributed by atoms with Crippen LogP contribution in [0, 0.1) is 0 Å². The van der Waals surface area contributed by atoms with Crippen LogP contribution in [0.2, 0.25) is 5.02 Å². The number of Topliss-reactive ketones (excluding diaryl/α,β-unsaturated/α-hetero) is 1. The van der Waals surface area contributed by atoms with Crippen LogP contribution in [0.5, 0.6) is 0 Å². The van der Waals surface area contributed by atoms with Crippen LogP contribution < -0.4 is 0 Å². The normalized spacial score (nSPS) is 11.9. The maximum absolute atomic E-state index is 11.7. The SMILES string of the molecule is C=C(C(C)=O)C(c1ccc(Cl)cc1)n1cccc1C=O. The van der Waals surface area contributed by atoms with Gasteiger partial charge in [-0.25, -0.2) is 0 Å². The van der Waals surface area contributed by atoms with Crippen molar-refractivity contribution in [1.29, 1.82) is 0 Å². The maximum Gasteiger partial charge on any atom is 0.166 e. The number of benzene rings is 1. The minimum absolute atomic E-state index is 0.115. The molecule has 0 aliphatic heterocycles. The highest BCUT2D eigenvalue weighted by Gasteiger charge is 2.21. The predicted molar refractivity (Wildman–Crippen MR) is 79.2 cm³/mol. The van der Waals surface area contributed by atoms with Crippen molar-refractivity contribution >= 4 is 23.7 Å². The van der Waals surface area contributed by atoms with Gasteiger partial charge in [0.2, 0.25) is 0 Å². The molecule has 0 aliphatic rings. The molecule has 1 aromatic heterocycles. The molecule has 0 radical (unpaired) electrons. The zero-order valence-electron chi connectivity index (χ0n) is 11.0. The Kier molecular flexibility index (Phi) is 4.20. The quantitative estimate of drug-likeness (QED) is 0.621. The van der Waals surface area contributed by atoms with E-state index in [-0.39, 0.29) is 5.78 Å². The van der Waals surface area contributed by atoms with Gasteiger partial charge in [0, 0.05) is 16.8 Å². The summed E-state index contributed by atoms with van der Waals surface area (Å²) in [4.78, 5) is 22.8. The zero-order chi connectivity index (χ0) is 14.7. The fourth-order valence-electron chi connectivity index (χ4n) is 2.11. The second-order valence-electron chi connectivity index (χ2n) is 4.49. The van der Waals surface area contributed by atoms with Crippen molar-refractivity contribution in [3.8, 4) is 0 Å². The molecule has 0 saturated carbocycles. The monoisotopic (exact) mass is 287 g/mol. The molecule has 1 unspecified atom stereocenters. The maximum atomic E-state index is 11.7. The summed E-state index contributed by atoms with van der Waals surface area (Å²) in [7, 11) is 0. The number of aromatic nitrogens is 1. The van der Waals surface area contributed by atoms with Gasteiger partial charge >= 0.3 is 0 Å². The van der Waals surface area contributed by atoms with Crippen LogP contribution in [0.1, 0.15) is 29.0 Å². The fraction of sp³-hybridized carbons (Fsp3) is 0.125. The fourth-order valence-corrected chi connectivity index (χ4v) is 2.24. The summed E-state index contributed by atoms with van der Waals surface area (Å²) in [5.74, 6) is -0.115. The number of allylic oxidation sites excluding steroid dienone is 1. The van der Waals surface area contributed by atoms with E-state index in [0.717, 1.165) is 11.8 Å². The molecule has 20 heavy (non-hydrogen) atoms. The third-order valence-electron chi connectivity index (χ3n) is 3.18. The van der Waals surface area contributed by atoms with E-state index in [1.54, 1.807) is 35.0 Å². The van der Waals surface area contributed by atoms with Crippen LogP contribution >= 0.6 is 11.6 Å². The number of carbonyl (C=O) groups is 2. The molecule has 0 bridgehead atoms. The van der Waals surface area contributed by atoms with E-state index >= 15 is 0 Å². The molecule has 0 amide bonds. The summed E-state index contributed by atoms with van der Waals surface area (Å²) in [5, 5.41) is 0.615. The highest BCUT2D eigenvalue weighted by Crippen LogP contribution is 2.28. The van der Waals surface area contributed by atoms with Crippen molar-refractivity contribution in [1.82, 2.24) is 4.57 Å². The minimum Gasteiger partial charge on any atom is -0.334 e. The predicted octanol–water partition coefficient (Wildman–Crippen LogP) is 3.69. The number of ketones is 1. The highest BCUT2D eigenvalue weighted by molar-refractivity contribution is 6.30. The first-order valence-corrected chi connectivity index (χ1v) is 6.49. The molecule has 102 valence electrons. The number of nitrogens with zero attached hydrogens (tertiary/aromatic N) is 1. The van der Waals surface area contributed by atoms with Gasteiger partial charge in [0.05, 0.1) is 11.7 Å². The molecule has 4 heteroatoms. The van der Waals surface area contributed by atoms with Crippen molar-refractivity contribution < 1.29 is 9.59 Å². The Balaban J connectivity index is 2.56. The van der Waals surface area contributed by atoms with Crippen LogP contribution in [0.4, 0.5) is 0 Å². The van der Waals surface area contributed by atoms with E-state index in [0.29, 0.717) is 16.3 Å². The van der Waals surface area contributed by atoms with E-state index in [1.807, 2.05) is 12.1 Å². The Morgan fingerprint density at radius 2 is 1.95 bits per heavy atom. The summed E-state index contributed by atoms with van der Waals surface area (Å²) >= 11 is 5.89. The molecule has 0 spiro atoms. The Labute approximate surface area is 122 Å². The summed E-state index contributed by atoms with van der Waals surface area (Å²) in [6, 6.07) is 10.2.